The van der Waals surface area contributed by atoms with Crippen LogP contribution >= 0.6 is 23.2 Å². The molecule has 1 aromatic heterocycles. The molecule has 5 rings (SSSR count). The van der Waals surface area contributed by atoms with Gasteiger partial charge in [-0.05, 0) is 42.8 Å². The first-order chi connectivity index (χ1) is 21.3. The van der Waals surface area contributed by atoms with E-state index in [4.69, 9.17) is 47.9 Å². The number of halogens is 3. The van der Waals surface area contributed by atoms with Gasteiger partial charge in [-0.15, -0.1) is 0 Å². The van der Waals surface area contributed by atoms with Crippen molar-refractivity contribution in [3.05, 3.63) is 82.2 Å². The van der Waals surface area contributed by atoms with Crippen molar-refractivity contribution < 1.29 is 28.1 Å². The Hall–Kier alpha value is -4.16. The molecule has 44 heavy (non-hydrogen) atoms. The molecule has 1 aliphatic heterocycles. The molecule has 1 saturated heterocycles. The number of carbonyl (C=O) groups excluding carboxylic acids is 1. The van der Waals surface area contributed by atoms with Gasteiger partial charge in [-0.25, -0.2) is 9.18 Å². The third-order valence-electron chi connectivity index (χ3n) is 6.83. The average Bonchev–Trinajstić information content (AvgIpc) is 3.01. The first-order valence-corrected chi connectivity index (χ1v) is 14.5. The summed E-state index contributed by atoms with van der Waals surface area (Å²) in [5.74, 6) is 0.562. The Kier molecular flexibility index (Phi) is 10.3. The van der Waals surface area contributed by atoms with Crippen LogP contribution in [0.5, 0.6) is 23.0 Å². The van der Waals surface area contributed by atoms with Gasteiger partial charge in [0.2, 0.25) is 0 Å². The molecular formula is C31H30Cl2FN5O5. The summed E-state index contributed by atoms with van der Waals surface area (Å²) in [4.78, 5) is 18.9. The van der Waals surface area contributed by atoms with Crippen molar-refractivity contribution in [2.45, 2.75) is 6.42 Å². The zero-order valence-electron chi connectivity index (χ0n) is 23.8. The van der Waals surface area contributed by atoms with Crippen LogP contribution in [0.2, 0.25) is 10.0 Å². The number of rotatable bonds is 11. The van der Waals surface area contributed by atoms with E-state index < -0.39 is 11.8 Å². The first kappa shape index (κ1) is 31.3. The van der Waals surface area contributed by atoms with Crippen LogP contribution in [0, 0.1) is 5.82 Å². The number of hydrogen-bond donors (Lipinski definition) is 1. The van der Waals surface area contributed by atoms with Gasteiger partial charge in [0, 0.05) is 53.9 Å². The molecule has 0 saturated carbocycles. The van der Waals surface area contributed by atoms with Crippen molar-refractivity contribution in [2.24, 2.45) is 10.8 Å². The molecule has 0 radical (unpaired) electrons. The predicted molar refractivity (Wildman–Crippen MR) is 168 cm³/mol. The van der Waals surface area contributed by atoms with Crippen LogP contribution in [0.1, 0.15) is 12.0 Å². The van der Waals surface area contributed by atoms with Crippen molar-refractivity contribution in [1.29, 1.82) is 0 Å². The second-order valence-corrected chi connectivity index (χ2v) is 10.6. The fourth-order valence-corrected chi connectivity index (χ4v) is 5.04. The Balaban J connectivity index is 1.31. The third-order valence-corrected chi connectivity index (χ3v) is 7.39. The highest BCUT2D eigenvalue weighted by Crippen LogP contribution is 2.38. The smallest absolute Gasteiger partial charge is 0.340 e. The number of carbonyl (C=O) groups is 1. The highest BCUT2D eigenvalue weighted by molar-refractivity contribution is 6.36. The summed E-state index contributed by atoms with van der Waals surface area (Å²) in [7, 11) is 1.55. The maximum atomic E-state index is 15.3. The first-order valence-electron chi connectivity index (χ1n) is 13.8. The number of benzene rings is 3. The molecule has 2 N–H and O–H groups in total. The van der Waals surface area contributed by atoms with Crippen molar-refractivity contribution in [3.8, 4) is 23.0 Å². The maximum Gasteiger partial charge on any atom is 0.340 e. The molecule has 2 amide bonds. The topological polar surface area (TPSA) is 112 Å². The zero-order valence-corrected chi connectivity index (χ0v) is 25.4. The quantitative estimate of drug-likeness (QED) is 0.113. The fourth-order valence-electron chi connectivity index (χ4n) is 4.58. The van der Waals surface area contributed by atoms with E-state index in [1.807, 2.05) is 0 Å². The van der Waals surface area contributed by atoms with Gasteiger partial charge in [0.15, 0.2) is 23.1 Å². The maximum absolute atomic E-state index is 15.3. The highest BCUT2D eigenvalue weighted by Gasteiger charge is 2.17. The lowest BCUT2D eigenvalue weighted by Crippen LogP contribution is -2.37. The molecule has 13 heteroatoms. The highest BCUT2D eigenvalue weighted by atomic mass is 35.5. The molecule has 3 aromatic carbocycles. The van der Waals surface area contributed by atoms with Crippen LogP contribution in [0.3, 0.4) is 0 Å². The minimum absolute atomic E-state index is 0.0837. The van der Waals surface area contributed by atoms with E-state index in [1.54, 1.807) is 43.6 Å². The third kappa shape index (κ3) is 7.67. The molecule has 0 bridgehead atoms. The standard InChI is InChI=1S/C31H30Cl2FN5O5/c1-41-29-17-23-26(18-30(29)43-12-2-9-38-10-13-42-14-11-38)36-8-7-27(23)44-28-6-5-22(16-25(28)34)39(31(35)40)37-19-20-3-4-21(32)15-24(20)33/h3-8,15-19H,2,9-14H2,1H3,(H2,35,40)/b37-19+. The number of pyridine rings is 1. The lowest BCUT2D eigenvalue weighted by molar-refractivity contribution is 0.0357. The Morgan fingerprint density at radius 3 is 2.64 bits per heavy atom. The predicted octanol–water partition coefficient (Wildman–Crippen LogP) is 6.50. The Morgan fingerprint density at radius 2 is 1.91 bits per heavy atom. The molecule has 0 unspecified atom stereocenters. The molecule has 0 aliphatic carbocycles. The average molecular weight is 643 g/mol. The number of nitrogens with zero attached hydrogens (tertiary/aromatic N) is 4. The number of urea groups is 1. The second-order valence-electron chi connectivity index (χ2n) is 9.76. The van der Waals surface area contributed by atoms with Gasteiger partial charge in [-0.3, -0.25) is 9.88 Å². The largest absolute Gasteiger partial charge is 0.493 e. The summed E-state index contributed by atoms with van der Waals surface area (Å²) in [6.45, 7) is 4.78. The molecule has 230 valence electrons. The minimum atomic E-state index is -0.925. The molecule has 4 aromatic rings. The van der Waals surface area contributed by atoms with Gasteiger partial charge in [0.25, 0.3) is 0 Å². The molecule has 0 atom stereocenters. The zero-order chi connectivity index (χ0) is 31.1. The second kappa shape index (κ2) is 14.5. The number of ether oxygens (including phenoxy) is 4. The van der Waals surface area contributed by atoms with E-state index in [9.17, 15) is 4.79 Å². The van der Waals surface area contributed by atoms with Gasteiger partial charge in [-0.1, -0.05) is 29.3 Å². The number of nitrogens with two attached hydrogens (primary N) is 1. The van der Waals surface area contributed by atoms with Crippen LogP contribution in [-0.4, -0.2) is 68.7 Å². The van der Waals surface area contributed by atoms with Crippen molar-refractivity contribution in [2.75, 3.05) is 51.6 Å². The molecular weight excluding hydrogens is 612 g/mol. The van der Waals surface area contributed by atoms with E-state index in [0.29, 0.717) is 50.4 Å². The van der Waals surface area contributed by atoms with E-state index in [1.165, 1.54) is 24.4 Å². The number of methoxy groups -OCH3 is 1. The van der Waals surface area contributed by atoms with Gasteiger partial charge in [-0.2, -0.15) is 10.1 Å². The van der Waals surface area contributed by atoms with Crippen LogP contribution in [0.4, 0.5) is 14.9 Å². The van der Waals surface area contributed by atoms with Gasteiger partial charge >= 0.3 is 6.03 Å². The minimum Gasteiger partial charge on any atom is -0.493 e. The fraction of sp³-hybridized carbons (Fsp3) is 0.258. The number of fused-ring (bicyclic) bond motifs is 1. The van der Waals surface area contributed by atoms with E-state index >= 15 is 4.39 Å². The van der Waals surface area contributed by atoms with E-state index in [-0.39, 0.29) is 11.4 Å². The normalized spacial score (nSPS) is 13.7. The Labute approximate surface area is 263 Å². The molecule has 1 fully saturated rings. The van der Waals surface area contributed by atoms with Crippen LogP contribution in [-0.2, 0) is 4.74 Å². The number of anilines is 1. The number of aromatic nitrogens is 1. The van der Waals surface area contributed by atoms with Gasteiger partial charge in [0.05, 0.1) is 49.4 Å². The number of primary amides is 1. The van der Waals surface area contributed by atoms with Crippen LogP contribution in [0.25, 0.3) is 10.9 Å². The summed E-state index contributed by atoms with van der Waals surface area (Å²) in [5, 5.41) is 6.29. The Bertz CT molecular complexity index is 1670. The number of morpholine rings is 1. The SMILES string of the molecule is COc1cc2c(Oc3ccc(N(/N=C/c4ccc(Cl)cc4Cl)C(N)=O)cc3F)ccnc2cc1OCCCN1CCOCC1. The number of hydrazone groups is 1. The molecule has 2 heterocycles. The summed E-state index contributed by atoms with van der Waals surface area (Å²) in [6, 6.07) is 12.9. The number of hydrogen-bond acceptors (Lipinski definition) is 8. The van der Waals surface area contributed by atoms with Gasteiger partial charge < -0.3 is 24.7 Å². The Morgan fingerprint density at radius 1 is 1.09 bits per heavy atom. The lowest BCUT2D eigenvalue weighted by Gasteiger charge is -2.26. The summed E-state index contributed by atoms with van der Waals surface area (Å²) in [6.07, 6.45) is 3.73. The van der Waals surface area contributed by atoms with Crippen molar-refractivity contribution in [3.63, 3.8) is 0 Å². The van der Waals surface area contributed by atoms with Gasteiger partial charge in [0.1, 0.15) is 5.75 Å². The number of amides is 2. The summed E-state index contributed by atoms with van der Waals surface area (Å²) < 4.78 is 38.2. The molecule has 0 spiro atoms. The molecule has 1 aliphatic rings. The molecule has 10 nitrogen and oxygen atoms in total. The van der Waals surface area contributed by atoms with Crippen LogP contribution in [0.15, 0.2) is 65.9 Å². The van der Waals surface area contributed by atoms with E-state index in [2.05, 4.69) is 15.0 Å². The monoisotopic (exact) mass is 641 g/mol. The van der Waals surface area contributed by atoms with Crippen molar-refractivity contribution in [1.82, 2.24) is 9.88 Å². The van der Waals surface area contributed by atoms with E-state index in [0.717, 1.165) is 50.3 Å². The van der Waals surface area contributed by atoms with Crippen molar-refractivity contribution >= 4 is 52.0 Å². The van der Waals surface area contributed by atoms with Crippen LogP contribution < -0.4 is 25.0 Å². The lowest BCUT2D eigenvalue weighted by atomic mass is 10.1. The summed E-state index contributed by atoms with van der Waals surface area (Å²) >= 11 is 12.1. The summed E-state index contributed by atoms with van der Waals surface area (Å²) in [5.41, 5.74) is 6.67.